The monoisotopic (exact) mass is 628 g/mol. The number of aryl methyl sites for hydroxylation is 4. The van der Waals surface area contributed by atoms with Crippen LogP contribution in [0.15, 0.2) is 58.5 Å². The fraction of sp³-hybridized carbons (Fsp3) is 0.600. The maximum atomic E-state index is 5.33. The Bertz CT molecular complexity index is 1070. The summed E-state index contributed by atoms with van der Waals surface area (Å²) in [6.45, 7) is 13.5. The number of benzene rings is 2. The molecule has 0 saturated heterocycles. The minimum Gasteiger partial charge on any atom is -0.251 e. The van der Waals surface area contributed by atoms with Crippen LogP contribution in [0, 0.1) is 0 Å². The van der Waals surface area contributed by atoms with Crippen LogP contribution in [-0.2, 0) is 42.2 Å². The number of aliphatic imine (C=N–C) groups is 2. The molecule has 0 aliphatic carbocycles. The summed E-state index contributed by atoms with van der Waals surface area (Å²) >= 11 is 0. The van der Waals surface area contributed by atoms with Crippen LogP contribution in [0.25, 0.3) is 0 Å². The molecule has 2 rings (SSSR count). The first-order chi connectivity index (χ1) is 20.6. The molecular formula is C40H62N2Ni. The third kappa shape index (κ3) is 16.1. The molecule has 0 N–H and O–H groups in total. The van der Waals surface area contributed by atoms with E-state index in [0.717, 1.165) is 67.7 Å². The van der Waals surface area contributed by atoms with Gasteiger partial charge in [-0.3, -0.25) is 4.99 Å². The average Bonchev–Trinajstić information content (AvgIpc) is 3.02. The van der Waals surface area contributed by atoms with Crippen molar-refractivity contribution >= 4 is 22.8 Å². The predicted molar refractivity (Wildman–Crippen MR) is 190 cm³/mol. The van der Waals surface area contributed by atoms with Gasteiger partial charge in [0.05, 0.1) is 22.8 Å². The molecule has 242 valence electrons. The van der Waals surface area contributed by atoms with E-state index in [9.17, 15) is 0 Å². The van der Waals surface area contributed by atoms with Gasteiger partial charge in [0.2, 0.25) is 0 Å². The van der Waals surface area contributed by atoms with Crippen molar-refractivity contribution in [2.75, 3.05) is 0 Å². The SMILES string of the molecule is CCCCCCCCCCC/C=C/C(=N\c1cc(CC)cc(CC)c1)C(/CCCCC)=N/c1cc(CC)cc(CC)c1.[Ni]. The van der Waals surface area contributed by atoms with E-state index in [4.69, 9.17) is 9.98 Å². The average molecular weight is 630 g/mol. The van der Waals surface area contributed by atoms with Gasteiger partial charge in [0.25, 0.3) is 0 Å². The molecule has 43 heavy (non-hydrogen) atoms. The summed E-state index contributed by atoms with van der Waals surface area (Å²) in [5.41, 5.74) is 9.76. The second-order valence-electron chi connectivity index (χ2n) is 12.0. The molecule has 0 heterocycles. The minimum atomic E-state index is 0. The maximum Gasteiger partial charge on any atom is 0.0848 e. The molecule has 0 fully saturated rings. The molecule has 0 saturated carbocycles. The molecule has 0 atom stereocenters. The van der Waals surface area contributed by atoms with E-state index in [1.54, 1.807) is 0 Å². The topological polar surface area (TPSA) is 24.7 Å². The second-order valence-corrected chi connectivity index (χ2v) is 12.0. The quantitative estimate of drug-likeness (QED) is 0.0703. The van der Waals surface area contributed by atoms with E-state index >= 15 is 0 Å². The first-order valence-corrected chi connectivity index (χ1v) is 17.6. The Hall–Kier alpha value is -1.99. The van der Waals surface area contributed by atoms with Crippen molar-refractivity contribution in [2.24, 2.45) is 9.98 Å². The fourth-order valence-corrected chi connectivity index (χ4v) is 5.48. The summed E-state index contributed by atoms with van der Waals surface area (Å²) in [6, 6.07) is 13.7. The van der Waals surface area contributed by atoms with Crippen LogP contribution in [0.5, 0.6) is 0 Å². The van der Waals surface area contributed by atoms with Crippen molar-refractivity contribution < 1.29 is 16.5 Å². The van der Waals surface area contributed by atoms with Gasteiger partial charge in [-0.15, -0.1) is 0 Å². The number of hydrogen-bond acceptors (Lipinski definition) is 2. The van der Waals surface area contributed by atoms with Crippen molar-refractivity contribution in [3.8, 4) is 0 Å². The minimum absolute atomic E-state index is 0. The standard InChI is InChI=1S/C40H62N2.Ni/c1-7-13-15-16-17-18-19-20-21-22-24-26-40(42-38-31-35(11-5)28-36(12-6)32-38)39(25-23-14-8-2)41-37-29-33(9-3)27-34(10-4)30-37;/h24,26-32H,7-23,25H2,1-6H3;/b26-24+,41-39+,42-40+;. The van der Waals surface area contributed by atoms with Gasteiger partial charge in [-0.2, -0.15) is 0 Å². The molecule has 0 radical (unpaired) electrons. The Morgan fingerprint density at radius 1 is 0.512 bits per heavy atom. The molecule has 0 aliphatic rings. The third-order valence-corrected chi connectivity index (χ3v) is 8.28. The first-order valence-electron chi connectivity index (χ1n) is 17.6. The largest absolute Gasteiger partial charge is 0.251 e. The van der Waals surface area contributed by atoms with Crippen molar-refractivity contribution in [3.63, 3.8) is 0 Å². The summed E-state index contributed by atoms with van der Waals surface area (Å²) in [5, 5.41) is 0. The van der Waals surface area contributed by atoms with E-state index in [-0.39, 0.29) is 16.5 Å². The molecule has 0 aromatic heterocycles. The van der Waals surface area contributed by atoms with Gasteiger partial charge in [0.15, 0.2) is 0 Å². The molecule has 0 bridgehead atoms. The molecule has 3 heteroatoms. The number of hydrogen-bond donors (Lipinski definition) is 0. The van der Waals surface area contributed by atoms with Gasteiger partial charge in [0, 0.05) is 16.5 Å². The van der Waals surface area contributed by atoms with Gasteiger partial charge in [-0.25, -0.2) is 4.99 Å². The van der Waals surface area contributed by atoms with Gasteiger partial charge < -0.3 is 0 Å². The van der Waals surface area contributed by atoms with Gasteiger partial charge in [0.1, 0.15) is 0 Å². The van der Waals surface area contributed by atoms with E-state index in [1.807, 2.05) is 0 Å². The number of unbranched alkanes of at least 4 members (excludes halogenated alkanes) is 11. The smallest absolute Gasteiger partial charge is 0.0848 e. The van der Waals surface area contributed by atoms with Gasteiger partial charge in [-0.1, -0.05) is 124 Å². The van der Waals surface area contributed by atoms with Crippen LogP contribution in [0.2, 0.25) is 0 Å². The summed E-state index contributed by atoms with van der Waals surface area (Å²) < 4.78 is 0. The summed E-state index contributed by atoms with van der Waals surface area (Å²) in [6.07, 6.45) is 26.7. The molecule has 0 unspecified atom stereocenters. The molecule has 0 aliphatic heterocycles. The molecular weight excluding hydrogens is 567 g/mol. The number of nitrogens with zero attached hydrogens (tertiary/aromatic N) is 2. The number of rotatable bonds is 22. The van der Waals surface area contributed by atoms with E-state index < -0.39 is 0 Å². The van der Waals surface area contributed by atoms with Crippen LogP contribution in [0.3, 0.4) is 0 Å². The zero-order chi connectivity index (χ0) is 30.4. The predicted octanol–water partition coefficient (Wildman–Crippen LogP) is 12.8. The normalized spacial score (nSPS) is 12.2. The molecule has 2 aromatic rings. The summed E-state index contributed by atoms with van der Waals surface area (Å²) in [7, 11) is 0. The van der Waals surface area contributed by atoms with Crippen molar-refractivity contribution in [1.82, 2.24) is 0 Å². The maximum absolute atomic E-state index is 5.33. The van der Waals surface area contributed by atoms with Crippen molar-refractivity contribution in [3.05, 3.63) is 70.8 Å². The Morgan fingerprint density at radius 2 is 0.930 bits per heavy atom. The van der Waals surface area contributed by atoms with Crippen LogP contribution < -0.4 is 0 Å². The summed E-state index contributed by atoms with van der Waals surface area (Å²) in [4.78, 5) is 10.7. The summed E-state index contributed by atoms with van der Waals surface area (Å²) in [5.74, 6) is 0. The van der Waals surface area contributed by atoms with Crippen LogP contribution in [0.4, 0.5) is 11.4 Å². The van der Waals surface area contributed by atoms with E-state index in [0.29, 0.717) is 0 Å². The Kier molecular flexibility index (Phi) is 22.1. The first kappa shape index (κ1) is 39.0. The third-order valence-electron chi connectivity index (χ3n) is 8.28. The Morgan fingerprint density at radius 3 is 1.40 bits per heavy atom. The van der Waals surface area contributed by atoms with Crippen molar-refractivity contribution in [2.45, 2.75) is 157 Å². The molecule has 2 aromatic carbocycles. The van der Waals surface area contributed by atoms with Crippen LogP contribution in [-0.4, -0.2) is 11.4 Å². The molecule has 2 nitrogen and oxygen atoms in total. The Balaban J connectivity index is 0.00000924. The fourth-order valence-electron chi connectivity index (χ4n) is 5.48. The number of allylic oxidation sites excluding steroid dienone is 2. The Labute approximate surface area is 276 Å². The zero-order valence-electron chi connectivity index (χ0n) is 28.6. The molecule has 0 amide bonds. The molecule has 0 spiro atoms. The van der Waals surface area contributed by atoms with E-state index in [1.165, 1.54) is 92.9 Å². The van der Waals surface area contributed by atoms with Gasteiger partial charge >= 0.3 is 0 Å². The van der Waals surface area contributed by atoms with Crippen LogP contribution in [0.1, 0.15) is 154 Å². The van der Waals surface area contributed by atoms with Crippen molar-refractivity contribution in [1.29, 1.82) is 0 Å². The van der Waals surface area contributed by atoms with Gasteiger partial charge in [-0.05, 0) is 104 Å². The second kappa shape index (κ2) is 24.3. The zero-order valence-corrected chi connectivity index (χ0v) is 29.5. The van der Waals surface area contributed by atoms with E-state index in [2.05, 4.69) is 90.1 Å². The van der Waals surface area contributed by atoms with Crippen LogP contribution >= 0.6 is 0 Å².